The molecule has 2 heterocycles. The summed E-state index contributed by atoms with van der Waals surface area (Å²) >= 11 is 0. The number of urea groups is 1. The SMILES string of the molecule is COc1ccc2c(c1)Oc1ccccc1N=C2N1CCN(C(=O)Nc2ccc(F)cc2)C(C)C1. The summed E-state index contributed by atoms with van der Waals surface area (Å²) < 4.78 is 24.8. The number of hydrogen-bond donors (Lipinski definition) is 1. The van der Waals surface area contributed by atoms with Crippen molar-refractivity contribution in [3.05, 3.63) is 78.1 Å². The van der Waals surface area contributed by atoms with Gasteiger partial charge in [-0.3, -0.25) is 0 Å². The third-order valence-electron chi connectivity index (χ3n) is 6.02. The number of rotatable bonds is 2. The van der Waals surface area contributed by atoms with Gasteiger partial charge in [0.15, 0.2) is 5.75 Å². The van der Waals surface area contributed by atoms with Gasteiger partial charge in [0.05, 0.1) is 12.7 Å². The summed E-state index contributed by atoms with van der Waals surface area (Å²) in [5.41, 5.74) is 2.18. The van der Waals surface area contributed by atoms with Crippen LogP contribution in [0.2, 0.25) is 0 Å². The quantitative estimate of drug-likeness (QED) is 0.567. The maximum atomic E-state index is 13.2. The third kappa shape index (κ3) is 4.26. The van der Waals surface area contributed by atoms with Crippen LogP contribution in [0.3, 0.4) is 0 Å². The van der Waals surface area contributed by atoms with Gasteiger partial charge in [-0.2, -0.15) is 0 Å². The van der Waals surface area contributed by atoms with Crippen LogP contribution in [0.1, 0.15) is 12.5 Å². The fourth-order valence-corrected chi connectivity index (χ4v) is 4.25. The summed E-state index contributed by atoms with van der Waals surface area (Å²) in [6.45, 7) is 3.73. The maximum absolute atomic E-state index is 13.2. The summed E-state index contributed by atoms with van der Waals surface area (Å²) in [7, 11) is 1.62. The summed E-state index contributed by atoms with van der Waals surface area (Å²) in [6.07, 6.45) is 0. The van der Waals surface area contributed by atoms with E-state index in [-0.39, 0.29) is 17.9 Å². The van der Waals surface area contributed by atoms with Crippen LogP contribution in [0.25, 0.3) is 0 Å². The molecular weight excluding hydrogens is 435 g/mol. The van der Waals surface area contributed by atoms with Crippen LogP contribution in [-0.4, -0.2) is 54.5 Å². The Morgan fingerprint density at radius 2 is 1.88 bits per heavy atom. The topological polar surface area (TPSA) is 66.4 Å². The number of amides is 2. The maximum Gasteiger partial charge on any atom is 0.322 e. The Morgan fingerprint density at radius 3 is 2.65 bits per heavy atom. The van der Waals surface area contributed by atoms with E-state index in [1.165, 1.54) is 12.1 Å². The molecule has 1 saturated heterocycles. The van der Waals surface area contributed by atoms with Gasteiger partial charge < -0.3 is 24.6 Å². The smallest absolute Gasteiger partial charge is 0.322 e. The number of nitrogens with one attached hydrogen (secondary N) is 1. The lowest BCUT2D eigenvalue weighted by molar-refractivity contribution is 0.145. The van der Waals surface area contributed by atoms with E-state index in [1.54, 1.807) is 24.1 Å². The van der Waals surface area contributed by atoms with Crippen molar-refractivity contribution in [1.29, 1.82) is 0 Å². The average Bonchev–Trinajstić information content (AvgIpc) is 3.01. The number of amidine groups is 1. The van der Waals surface area contributed by atoms with Gasteiger partial charge in [0.1, 0.15) is 28.8 Å². The fraction of sp³-hybridized carbons (Fsp3) is 0.231. The molecule has 1 atom stereocenters. The van der Waals surface area contributed by atoms with E-state index in [1.807, 2.05) is 49.4 Å². The molecule has 1 fully saturated rings. The minimum absolute atomic E-state index is 0.0713. The lowest BCUT2D eigenvalue weighted by atomic mass is 10.1. The molecule has 7 nitrogen and oxygen atoms in total. The van der Waals surface area contributed by atoms with Gasteiger partial charge in [0, 0.05) is 37.4 Å². The lowest BCUT2D eigenvalue weighted by Gasteiger charge is -2.41. The molecule has 0 spiro atoms. The first kappa shape index (κ1) is 21.8. The van der Waals surface area contributed by atoms with Crippen molar-refractivity contribution in [2.24, 2.45) is 4.99 Å². The van der Waals surface area contributed by atoms with E-state index in [9.17, 15) is 9.18 Å². The van der Waals surface area contributed by atoms with Crippen molar-refractivity contribution in [3.63, 3.8) is 0 Å². The molecule has 0 bridgehead atoms. The van der Waals surface area contributed by atoms with Crippen LogP contribution >= 0.6 is 0 Å². The molecule has 0 radical (unpaired) electrons. The number of carbonyl (C=O) groups is 1. The van der Waals surface area contributed by atoms with Gasteiger partial charge in [-0.05, 0) is 55.5 Å². The highest BCUT2D eigenvalue weighted by molar-refractivity contribution is 6.04. The number of fused-ring (bicyclic) bond motifs is 2. The molecule has 1 N–H and O–H groups in total. The number of nitrogens with zero attached hydrogens (tertiary/aromatic N) is 3. The molecule has 34 heavy (non-hydrogen) atoms. The lowest BCUT2D eigenvalue weighted by Crippen LogP contribution is -2.56. The predicted molar refractivity (Wildman–Crippen MR) is 129 cm³/mol. The number of ether oxygens (including phenoxy) is 2. The Hall–Kier alpha value is -4.07. The molecule has 5 rings (SSSR count). The zero-order chi connectivity index (χ0) is 23.7. The molecule has 174 valence electrons. The zero-order valence-corrected chi connectivity index (χ0v) is 19.0. The number of benzene rings is 3. The van der Waals surface area contributed by atoms with Crippen molar-refractivity contribution >= 4 is 23.2 Å². The van der Waals surface area contributed by atoms with Crippen LogP contribution in [0.4, 0.5) is 20.6 Å². The van der Waals surface area contributed by atoms with E-state index < -0.39 is 0 Å². The van der Waals surface area contributed by atoms with Crippen molar-refractivity contribution in [2.45, 2.75) is 13.0 Å². The number of para-hydroxylation sites is 2. The van der Waals surface area contributed by atoms with E-state index in [2.05, 4.69) is 10.2 Å². The van der Waals surface area contributed by atoms with Crippen molar-refractivity contribution < 1.29 is 18.7 Å². The van der Waals surface area contributed by atoms with Crippen LogP contribution in [0.5, 0.6) is 17.2 Å². The van der Waals surface area contributed by atoms with Crippen molar-refractivity contribution in [1.82, 2.24) is 9.80 Å². The molecule has 1 unspecified atom stereocenters. The molecular formula is C26H25FN4O3. The van der Waals surface area contributed by atoms with Crippen LogP contribution < -0.4 is 14.8 Å². The van der Waals surface area contributed by atoms with E-state index in [0.717, 1.165) is 17.1 Å². The molecule has 0 aliphatic carbocycles. The van der Waals surface area contributed by atoms with E-state index in [0.29, 0.717) is 42.6 Å². The second-order valence-corrected chi connectivity index (χ2v) is 8.29. The number of methoxy groups -OCH3 is 1. The first-order valence-corrected chi connectivity index (χ1v) is 11.1. The Bertz CT molecular complexity index is 1250. The summed E-state index contributed by atoms with van der Waals surface area (Å²) in [5, 5.41) is 2.85. The highest BCUT2D eigenvalue weighted by Gasteiger charge is 2.31. The van der Waals surface area contributed by atoms with Crippen LogP contribution in [0, 0.1) is 5.82 Å². The number of carbonyl (C=O) groups excluding carboxylic acids is 1. The van der Waals surface area contributed by atoms with Gasteiger partial charge in [-0.1, -0.05) is 12.1 Å². The number of anilines is 1. The Kier molecular flexibility index (Phi) is 5.79. The van der Waals surface area contributed by atoms with Crippen molar-refractivity contribution in [3.8, 4) is 17.2 Å². The molecule has 3 aromatic rings. The fourth-order valence-electron chi connectivity index (χ4n) is 4.25. The van der Waals surface area contributed by atoms with E-state index >= 15 is 0 Å². The summed E-state index contributed by atoms with van der Waals surface area (Å²) in [4.78, 5) is 21.8. The second kappa shape index (κ2) is 9.05. The first-order valence-electron chi connectivity index (χ1n) is 11.1. The highest BCUT2D eigenvalue weighted by Crippen LogP contribution is 2.39. The Balaban J connectivity index is 1.39. The molecule has 3 aromatic carbocycles. The normalized spacial score (nSPS) is 17.0. The molecule has 0 aromatic heterocycles. The van der Waals surface area contributed by atoms with E-state index in [4.69, 9.17) is 14.5 Å². The van der Waals surface area contributed by atoms with Gasteiger partial charge in [-0.25, -0.2) is 14.2 Å². The third-order valence-corrected chi connectivity index (χ3v) is 6.02. The minimum atomic E-state index is -0.340. The largest absolute Gasteiger partial charge is 0.497 e. The van der Waals surface area contributed by atoms with Gasteiger partial charge in [0.25, 0.3) is 0 Å². The molecule has 2 aliphatic rings. The summed E-state index contributed by atoms with van der Waals surface area (Å²) in [6, 6.07) is 18.9. The molecule has 8 heteroatoms. The Morgan fingerprint density at radius 1 is 1.09 bits per heavy atom. The predicted octanol–water partition coefficient (Wildman–Crippen LogP) is 5.26. The molecule has 2 aliphatic heterocycles. The average molecular weight is 461 g/mol. The molecule has 0 saturated carbocycles. The second-order valence-electron chi connectivity index (χ2n) is 8.29. The Labute approximate surface area is 197 Å². The first-order chi connectivity index (χ1) is 16.5. The number of halogens is 1. The number of piperazine rings is 1. The van der Waals surface area contributed by atoms with Crippen molar-refractivity contribution in [2.75, 3.05) is 32.1 Å². The highest BCUT2D eigenvalue weighted by atomic mass is 19.1. The van der Waals surface area contributed by atoms with Gasteiger partial charge >= 0.3 is 6.03 Å². The van der Waals surface area contributed by atoms with Crippen LogP contribution in [-0.2, 0) is 0 Å². The number of aliphatic imine (C=N–C) groups is 1. The minimum Gasteiger partial charge on any atom is -0.497 e. The summed E-state index contributed by atoms with van der Waals surface area (Å²) in [5.74, 6) is 2.51. The molecule has 2 amide bonds. The zero-order valence-electron chi connectivity index (χ0n) is 19.0. The number of hydrogen-bond acceptors (Lipinski definition) is 5. The van der Waals surface area contributed by atoms with Gasteiger partial charge in [-0.15, -0.1) is 0 Å². The monoisotopic (exact) mass is 460 g/mol. The van der Waals surface area contributed by atoms with Gasteiger partial charge in [0.2, 0.25) is 0 Å². The standard InChI is InChI=1S/C26H25FN4O3/c1-17-16-30(13-14-31(17)26(32)28-19-9-7-18(27)8-10-19)25-21-12-11-20(33-2)15-24(21)34-23-6-4-3-5-22(23)29-25/h3-12,15,17H,13-14,16H2,1-2H3,(H,28,32). The van der Waals surface area contributed by atoms with Crippen LogP contribution in [0.15, 0.2) is 71.7 Å².